The number of likely N-dealkylation sites (tertiary alicyclic amines) is 1. The van der Waals surface area contributed by atoms with Crippen LogP contribution in [0.25, 0.3) is 0 Å². The molecule has 0 radical (unpaired) electrons. The van der Waals surface area contributed by atoms with Gasteiger partial charge in [-0.3, -0.25) is 9.59 Å². The van der Waals surface area contributed by atoms with Crippen LogP contribution in [-0.2, 0) is 9.59 Å². The minimum absolute atomic E-state index is 0. The van der Waals surface area contributed by atoms with Crippen LogP contribution in [0.15, 0.2) is 12.2 Å². The largest absolute Gasteiger partial charge is 1.00 e. The van der Waals surface area contributed by atoms with Crippen LogP contribution in [0.1, 0.15) is 19.8 Å². The molecule has 1 aliphatic rings. The Morgan fingerprint density at radius 2 is 2.17 bits per heavy atom. The third kappa shape index (κ3) is 5.08. The number of hydrogen-bond donors (Lipinski definition) is 1. The van der Waals surface area contributed by atoms with Crippen LogP contribution in [0.4, 0.5) is 8.78 Å². The zero-order valence-electron chi connectivity index (χ0n) is 10.3. The first-order valence-corrected chi connectivity index (χ1v) is 5.07. The summed E-state index contributed by atoms with van der Waals surface area (Å²) in [6.07, 6.45) is -0.630. The zero-order chi connectivity index (χ0) is 12.3. The molecule has 0 aromatic carbocycles. The summed E-state index contributed by atoms with van der Waals surface area (Å²) in [5.41, 5.74) is 5.14. The molecule has 0 aromatic heterocycles. The standard InChI is InChI=1S/C10H14F2N2O2.BrH.Li/c1-2-7(10(13)16)14-5-6(3-8(11)12)4-9(14)15;;/h3,6-7H,2,4-5H2,1H3,(H2,13,16);1H;/q;;+1/p-1/t6-,7+;;/m1../s1. The second-order valence-electron chi connectivity index (χ2n) is 3.79. The Hall–Kier alpha value is -0.383. The van der Waals surface area contributed by atoms with Crippen LogP contribution in [0.2, 0.25) is 0 Å². The maximum absolute atomic E-state index is 12.0. The number of carbonyl (C=O) groups excluding carboxylic acids is 2. The average molecular weight is 319 g/mol. The topological polar surface area (TPSA) is 63.4 Å². The monoisotopic (exact) mass is 318 g/mol. The maximum Gasteiger partial charge on any atom is 1.00 e. The van der Waals surface area contributed by atoms with E-state index in [9.17, 15) is 18.4 Å². The van der Waals surface area contributed by atoms with Crippen molar-refractivity contribution in [2.45, 2.75) is 25.8 Å². The Bertz CT molecular complexity index is 338. The second kappa shape index (κ2) is 8.67. The quantitative estimate of drug-likeness (QED) is 0.527. The molecule has 98 valence electrons. The Morgan fingerprint density at radius 1 is 1.61 bits per heavy atom. The predicted octanol–water partition coefficient (Wildman–Crippen LogP) is -5.11. The molecule has 1 heterocycles. The number of primary amides is 1. The summed E-state index contributed by atoms with van der Waals surface area (Å²) < 4.78 is 24.0. The minimum atomic E-state index is -1.80. The SMILES string of the molecule is CC[C@@H](C(N)=O)N1C[C@H](C=C(F)F)CC1=O.[Br-].[Li+]. The van der Waals surface area contributed by atoms with Crippen molar-refractivity contribution in [2.75, 3.05) is 6.54 Å². The van der Waals surface area contributed by atoms with E-state index in [1.54, 1.807) is 6.92 Å². The number of nitrogens with zero attached hydrogens (tertiary/aromatic N) is 1. The molecule has 4 nitrogen and oxygen atoms in total. The molecule has 0 bridgehead atoms. The molecule has 0 unspecified atom stereocenters. The smallest absolute Gasteiger partial charge is 1.00 e. The minimum Gasteiger partial charge on any atom is -1.00 e. The summed E-state index contributed by atoms with van der Waals surface area (Å²) in [6, 6.07) is -0.687. The molecule has 2 amide bonds. The first-order chi connectivity index (χ1) is 7.45. The molecule has 2 atom stereocenters. The number of nitrogens with two attached hydrogens (primary N) is 1. The fourth-order valence-corrected chi connectivity index (χ4v) is 1.93. The Balaban J connectivity index is 0. The van der Waals surface area contributed by atoms with Crippen molar-refractivity contribution in [3.63, 3.8) is 0 Å². The van der Waals surface area contributed by atoms with E-state index in [0.717, 1.165) is 6.08 Å². The number of amides is 2. The Morgan fingerprint density at radius 3 is 2.56 bits per heavy atom. The molecule has 0 aromatic rings. The molecule has 1 aliphatic heterocycles. The van der Waals surface area contributed by atoms with Crippen molar-refractivity contribution in [3.8, 4) is 0 Å². The summed E-state index contributed by atoms with van der Waals surface area (Å²) in [5.74, 6) is -1.42. The molecule has 1 fully saturated rings. The molecule has 0 spiro atoms. The fraction of sp³-hybridized carbons (Fsp3) is 0.600. The second-order valence-corrected chi connectivity index (χ2v) is 3.79. The third-order valence-electron chi connectivity index (χ3n) is 2.64. The average Bonchev–Trinajstić information content (AvgIpc) is 2.46. The van der Waals surface area contributed by atoms with Gasteiger partial charge in [-0.15, -0.1) is 0 Å². The first-order valence-electron chi connectivity index (χ1n) is 5.07. The van der Waals surface area contributed by atoms with Gasteiger partial charge in [0.05, 0.1) is 0 Å². The van der Waals surface area contributed by atoms with Gasteiger partial charge in [-0.25, -0.2) is 0 Å². The van der Waals surface area contributed by atoms with Gasteiger partial charge in [0.25, 0.3) is 6.08 Å². The van der Waals surface area contributed by atoms with Crippen molar-refractivity contribution >= 4 is 11.8 Å². The molecule has 1 rings (SSSR count). The molecule has 0 aliphatic carbocycles. The zero-order valence-corrected chi connectivity index (χ0v) is 11.9. The van der Waals surface area contributed by atoms with E-state index in [-0.39, 0.29) is 54.7 Å². The molecule has 8 heteroatoms. The normalized spacial score (nSPS) is 19.6. The van der Waals surface area contributed by atoms with Gasteiger partial charge in [-0.2, -0.15) is 8.78 Å². The summed E-state index contributed by atoms with van der Waals surface area (Å²) in [5, 5.41) is 0. The van der Waals surface area contributed by atoms with Gasteiger partial charge in [0.2, 0.25) is 11.8 Å². The van der Waals surface area contributed by atoms with Gasteiger partial charge in [0, 0.05) is 18.9 Å². The van der Waals surface area contributed by atoms with Crippen LogP contribution in [0, 0.1) is 5.92 Å². The summed E-state index contributed by atoms with van der Waals surface area (Å²) in [7, 11) is 0. The van der Waals surface area contributed by atoms with E-state index in [0.29, 0.717) is 6.42 Å². The molecule has 1 saturated heterocycles. The summed E-state index contributed by atoms with van der Waals surface area (Å²) >= 11 is 0. The molecule has 2 N–H and O–H groups in total. The van der Waals surface area contributed by atoms with Crippen LogP contribution in [0.5, 0.6) is 0 Å². The summed E-state index contributed by atoms with van der Waals surface area (Å²) in [6.45, 7) is 1.86. The number of halogens is 3. The van der Waals surface area contributed by atoms with E-state index in [4.69, 9.17) is 5.73 Å². The van der Waals surface area contributed by atoms with E-state index >= 15 is 0 Å². The van der Waals surface area contributed by atoms with Crippen molar-refractivity contribution in [3.05, 3.63) is 12.2 Å². The van der Waals surface area contributed by atoms with Crippen molar-refractivity contribution in [1.29, 1.82) is 0 Å². The van der Waals surface area contributed by atoms with Crippen molar-refractivity contribution < 1.29 is 54.2 Å². The van der Waals surface area contributed by atoms with E-state index in [1.165, 1.54) is 4.90 Å². The third-order valence-corrected chi connectivity index (χ3v) is 2.64. The maximum atomic E-state index is 12.0. The van der Waals surface area contributed by atoms with E-state index in [2.05, 4.69) is 0 Å². The Kier molecular flexibility index (Phi) is 9.61. The van der Waals surface area contributed by atoms with Crippen molar-refractivity contribution in [1.82, 2.24) is 4.90 Å². The fourth-order valence-electron chi connectivity index (χ4n) is 1.93. The van der Waals surface area contributed by atoms with Crippen LogP contribution >= 0.6 is 0 Å². The van der Waals surface area contributed by atoms with Gasteiger partial charge >= 0.3 is 18.9 Å². The number of hydrogen-bond acceptors (Lipinski definition) is 2. The van der Waals surface area contributed by atoms with Gasteiger partial charge in [0.1, 0.15) is 6.04 Å². The summed E-state index contributed by atoms with van der Waals surface area (Å²) in [4.78, 5) is 23.9. The number of carbonyl (C=O) groups is 2. The van der Waals surface area contributed by atoms with Crippen LogP contribution < -0.4 is 41.6 Å². The first kappa shape index (κ1) is 19.9. The Labute approximate surface area is 127 Å². The van der Waals surface area contributed by atoms with Gasteiger partial charge < -0.3 is 27.6 Å². The van der Waals surface area contributed by atoms with Gasteiger partial charge in [-0.05, 0) is 12.5 Å². The van der Waals surface area contributed by atoms with Gasteiger partial charge in [0.15, 0.2) is 0 Å². The molecule has 18 heavy (non-hydrogen) atoms. The molecule has 0 saturated carbocycles. The van der Waals surface area contributed by atoms with Crippen LogP contribution in [0.3, 0.4) is 0 Å². The van der Waals surface area contributed by atoms with E-state index in [1.807, 2.05) is 0 Å². The molecular weight excluding hydrogens is 305 g/mol. The number of rotatable bonds is 4. The van der Waals surface area contributed by atoms with Crippen molar-refractivity contribution in [2.24, 2.45) is 11.7 Å². The van der Waals surface area contributed by atoms with Gasteiger partial charge in [-0.1, -0.05) is 6.92 Å². The molecular formula is C10H14BrF2LiN2O2. The van der Waals surface area contributed by atoms with Crippen LogP contribution in [-0.4, -0.2) is 29.3 Å². The predicted molar refractivity (Wildman–Crippen MR) is 53.4 cm³/mol. The van der Waals surface area contributed by atoms with E-state index < -0.39 is 23.9 Å².